The number of nitrogens with one attached hydrogen (secondary N) is 1. The summed E-state index contributed by atoms with van der Waals surface area (Å²) in [6.45, 7) is 1.31. The van der Waals surface area contributed by atoms with Crippen molar-refractivity contribution in [3.05, 3.63) is 47.5 Å². The highest BCUT2D eigenvalue weighted by Crippen LogP contribution is 2.31. The zero-order valence-corrected chi connectivity index (χ0v) is 13.5. The van der Waals surface area contributed by atoms with Crippen LogP contribution < -0.4 is 10.1 Å². The molecule has 2 rings (SSSR count). The third-order valence-electron chi connectivity index (χ3n) is 2.91. The third-order valence-corrected chi connectivity index (χ3v) is 4.97. The van der Waals surface area contributed by atoms with Crippen molar-refractivity contribution in [2.75, 3.05) is 12.4 Å². The molecule has 0 fully saturated rings. The number of carbonyl (C=O) groups is 1. The fraction of sp³-hybridized carbons (Fsp3) is 0.133. The average molecular weight is 340 g/mol. The van der Waals surface area contributed by atoms with E-state index in [4.69, 9.17) is 16.3 Å². The number of methoxy groups -OCH3 is 1. The quantitative estimate of drug-likeness (QED) is 0.928. The summed E-state index contributed by atoms with van der Waals surface area (Å²) < 4.78 is 30.6. The number of hydrogen-bond acceptors (Lipinski definition) is 4. The van der Waals surface area contributed by atoms with Gasteiger partial charge < -0.3 is 10.1 Å². The summed E-state index contributed by atoms with van der Waals surface area (Å²) in [5.74, 6) is 0.0133. The zero-order valence-electron chi connectivity index (χ0n) is 12.0. The Hall–Kier alpha value is -2.05. The van der Waals surface area contributed by atoms with Crippen LogP contribution in [0.1, 0.15) is 6.92 Å². The number of benzene rings is 2. The lowest BCUT2D eigenvalue weighted by atomic mass is 10.3. The van der Waals surface area contributed by atoms with E-state index in [0.717, 1.165) is 0 Å². The van der Waals surface area contributed by atoms with E-state index < -0.39 is 9.84 Å². The second-order valence-electron chi connectivity index (χ2n) is 4.50. The van der Waals surface area contributed by atoms with Crippen molar-refractivity contribution >= 4 is 33.0 Å². The molecule has 2 aromatic rings. The summed E-state index contributed by atoms with van der Waals surface area (Å²) >= 11 is 5.78. The van der Waals surface area contributed by atoms with Gasteiger partial charge in [0, 0.05) is 18.0 Å². The van der Waals surface area contributed by atoms with Gasteiger partial charge in [0.05, 0.1) is 22.6 Å². The van der Waals surface area contributed by atoms with E-state index in [1.165, 1.54) is 50.4 Å². The van der Waals surface area contributed by atoms with Crippen LogP contribution in [-0.4, -0.2) is 21.4 Å². The van der Waals surface area contributed by atoms with E-state index in [1.807, 2.05) is 0 Å². The first-order valence-corrected chi connectivity index (χ1v) is 8.17. The van der Waals surface area contributed by atoms with Crippen molar-refractivity contribution in [2.24, 2.45) is 0 Å². The highest BCUT2D eigenvalue weighted by molar-refractivity contribution is 7.91. The molecule has 0 aliphatic carbocycles. The maximum atomic E-state index is 12.8. The standard InChI is InChI=1S/C15H14ClNO4S/c1-10(18)17-14-8-5-12(21-2)9-15(14)22(19,20)13-6-3-11(16)4-7-13/h3-9H,1-2H3,(H,17,18). The van der Waals surface area contributed by atoms with Crippen LogP contribution in [-0.2, 0) is 14.6 Å². The number of carbonyl (C=O) groups excluding carboxylic acids is 1. The first-order chi connectivity index (χ1) is 10.3. The van der Waals surface area contributed by atoms with Crippen molar-refractivity contribution in [1.29, 1.82) is 0 Å². The molecule has 0 saturated carbocycles. The third kappa shape index (κ3) is 3.40. The first kappa shape index (κ1) is 16.3. The molecule has 0 aliphatic rings. The smallest absolute Gasteiger partial charge is 0.221 e. The zero-order chi connectivity index (χ0) is 16.3. The molecule has 0 saturated heterocycles. The average Bonchev–Trinajstić information content (AvgIpc) is 2.47. The molecule has 0 bridgehead atoms. The highest BCUT2D eigenvalue weighted by Gasteiger charge is 2.22. The number of sulfone groups is 1. The lowest BCUT2D eigenvalue weighted by Crippen LogP contribution is -2.11. The largest absolute Gasteiger partial charge is 0.497 e. The van der Waals surface area contributed by atoms with Crippen LogP contribution in [0.25, 0.3) is 0 Å². The Balaban J connectivity index is 2.61. The molecule has 5 nitrogen and oxygen atoms in total. The Labute approximate surface area is 133 Å². The van der Waals surface area contributed by atoms with Crippen molar-refractivity contribution in [3.8, 4) is 5.75 Å². The molecule has 0 spiro atoms. The summed E-state index contributed by atoms with van der Waals surface area (Å²) in [4.78, 5) is 11.3. The molecule has 0 aliphatic heterocycles. The van der Waals surface area contributed by atoms with Crippen LogP contribution in [0, 0.1) is 0 Å². The molecule has 0 radical (unpaired) electrons. The summed E-state index contributed by atoms with van der Waals surface area (Å²) in [6.07, 6.45) is 0. The van der Waals surface area contributed by atoms with E-state index in [-0.39, 0.29) is 21.4 Å². The predicted molar refractivity (Wildman–Crippen MR) is 84.2 cm³/mol. The number of hydrogen-bond donors (Lipinski definition) is 1. The number of halogens is 1. The molecular formula is C15H14ClNO4S. The highest BCUT2D eigenvalue weighted by atomic mass is 35.5. The van der Waals surface area contributed by atoms with Gasteiger partial charge in [0.1, 0.15) is 5.75 Å². The molecular weight excluding hydrogens is 326 g/mol. The molecule has 0 atom stereocenters. The molecule has 0 heterocycles. The number of anilines is 1. The van der Waals surface area contributed by atoms with Crippen molar-refractivity contribution in [3.63, 3.8) is 0 Å². The van der Waals surface area contributed by atoms with Crippen molar-refractivity contribution in [1.82, 2.24) is 0 Å². The van der Waals surface area contributed by atoms with E-state index in [2.05, 4.69) is 5.32 Å². The summed E-state index contributed by atoms with van der Waals surface area (Å²) in [5, 5.41) is 2.95. The Morgan fingerprint density at radius 2 is 1.77 bits per heavy atom. The van der Waals surface area contributed by atoms with Crippen molar-refractivity contribution < 1.29 is 17.9 Å². The van der Waals surface area contributed by atoms with Gasteiger partial charge in [-0.1, -0.05) is 11.6 Å². The van der Waals surface area contributed by atoms with Gasteiger partial charge in [-0.3, -0.25) is 4.79 Å². The van der Waals surface area contributed by atoms with E-state index in [1.54, 1.807) is 6.07 Å². The maximum absolute atomic E-state index is 12.8. The van der Waals surface area contributed by atoms with Gasteiger partial charge in [-0.15, -0.1) is 0 Å². The topological polar surface area (TPSA) is 72.5 Å². The van der Waals surface area contributed by atoms with E-state index in [0.29, 0.717) is 10.8 Å². The van der Waals surface area contributed by atoms with Crippen LogP contribution in [0.15, 0.2) is 52.3 Å². The van der Waals surface area contributed by atoms with Crippen LogP contribution in [0.3, 0.4) is 0 Å². The second-order valence-corrected chi connectivity index (χ2v) is 6.86. The number of amides is 1. The lowest BCUT2D eigenvalue weighted by molar-refractivity contribution is -0.114. The van der Waals surface area contributed by atoms with E-state index >= 15 is 0 Å². The van der Waals surface area contributed by atoms with Gasteiger partial charge in [-0.05, 0) is 36.4 Å². The van der Waals surface area contributed by atoms with Crippen LogP contribution in [0.4, 0.5) is 5.69 Å². The summed E-state index contributed by atoms with van der Waals surface area (Å²) in [6, 6.07) is 10.2. The van der Waals surface area contributed by atoms with E-state index in [9.17, 15) is 13.2 Å². The van der Waals surface area contributed by atoms with Gasteiger partial charge in [0.15, 0.2) is 0 Å². The lowest BCUT2D eigenvalue weighted by Gasteiger charge is -2.12. The number of rotatable bonds is 4. The minimum absolute atomic E-state index is 0.0376. The Kier molecular flexibility index (Phi) is 4.73. The molecule has 22 heavy (non-hydrogen) atoms. The molecule has 0 unspecified atom stereocenters. The van der Waals surface area contributed by atoms with Crippen LogP contribution in [0.5, 0.6) is 5.75 Å². The van der Waals surface area contributed by atoms with Gasteiger partial charge in [-0.2, -0.15) is 0 Å². The molecule has 7 heteroatoms. The molecule has 1 amide bonds. The second kappa shape index (κ2) is 6.37. The van der Waals surface area contributed by atoms with Gasteiger partial charge in [0.25, 0.3) is 0 Å². The minimum atomic E-state index is -3.82. The van der Waals surface area contributed by atoms with Gasteiger partial charge in [-0.25, -0.2) is 8.42 Å². The molecule has 2 aromatic carbocycles. The fourth-order valence-electron chi connectivity index (χ4n) is 1.89. The van der Waals surface area contributed by atoms with Gasteiger partial charge in [0.2, 0.25) is 15.7 Å². The predicted octanol–water partition coefficient (Wildman–Crippen LogP) is 3.14. The van der Waals surface area contributed by atoms with Crippen LogP contribution in [0.2, 0.25) is 5.02 Å². The normalized spacial score (nSPS) is 11.0. The SMILES string of the molecule is COc1ccc(NC(C)=O)c(S(=O)(=O)c2ccc(Cl)cc2)c1. The van der Waals surface area contributed by atoms with Crippen molar-refractivity contribution in [2.45, 2.75) is 16.7 Å². The minimum Gasteiger partial charge on any atom is -0.497 e. The molecule has 116 valence electrons. The summed E-state index contributed by atoms with van der Waals surface area (Å²) in [5.41, 5.74) is 0.197. The first-order valence-electron chi connectivity index (χ1n) is 6.31. The van der Waals surface area contributed by atoms with Crippen LogP contribution >= 0.6 is 11.6 Å². The van der Waals surface area contributed by atoms with Gasteiger partial charge >= 0.3 is 0 Å². The Bertz CT molecular complexity index is 801. The number of ether oxygens (including phenoxy) is 1. The summed E-state index contributed by atoms with van der Waals surface area (Å²) in [7, 11) is -2.38. The molecule has 0 aromatic heterocycles. The maximum Gasteiger partial charge on any atom is 0.221 e. The molecule has 1 N–H and O–H groups in total. The monoisotopic (exact) mass is 339 g/mol. The Morgan fingerprint density at radius 3 is 2.32 bits per heavy atom. The fourth-order valence-corrected chi connectivity index (χ4v) is 3.44. The Morgan fingerprint density at radius 1 is 1.14 bits per heavy atom.